The van der Waals surface area contributed by atoms with Crippen LogP contribution in [0.3, 0.4) is 0 Å². The summed E-state index contributed by atoms with van der Waals surface area (Å²) in [5.74, 6) is -2.12. The Morgan fingerprint density at radius 2 is 0.421 bits per heavy atom. The van der Waals surface area contributed by atoms with E-state index in [-0.39, 0.29) is 25.7 Å². The van der Waals surface area contributed by atoms with E-state index in [0.29, 0.717) is 25.7 Å². The highest BCUT2D eigenvalue weighted by Crippen LogP contribution is 2.45. The molecule has 3 N–H and O–H groups in total. The highest BCUT2D eigenvalue weighted by atomic mass is 31.2. The average Bonchev–Trinajstić information content (AvgIpc) is 1.81. The molecule has 0 aromatic rings. The molecule has 0 rings (SSSR count). The van der Waals surface area contributed by atoms with Crippen LogP contribution in [0.1, 0.15) is 407 Å². The van der Waals surface area contributed by atoms with Crippen molar-refractivity contribution in [2.45, 2.75) is 425 Å². The van der Waals surface area contributed by atoms with Crippen molar-refractivity contribution in [3.8, 4) is 0 Å². The van der Waals surface area contributed by atoms with E-state index in [0.717, 1.165) is 103 Å². The molecule has 19 heteroatoms. The zero-order chi connectivity index (χ0) is 69.7. The van der Waals surface area contributed by atoms with Gasteiger partial charge < -0.3 is 33.8 Å². The largest absolute Gasteiger partial charge is 0.472 e. The van der Waals surface area contributed by atoms with Crippen molar-refractivity contribution in [2.75, 3.05) is 39.6 Å². The van der Waals surface area contributed by atoms with Gasteiger partial charge in [-0.3, -0.25) is 37.3 Å². The fourth-order valence-corrected chi connectivity index (χ4v) is 13.3. The van der Waals surface area contributed by atoms with Gasteiger partial charge in [0.2, 0.25) is 0 Å². The number of phosphoric ester groups is 2. The molecule has 0 saturated heterocycles. The number of ether oxygens (including phenoxy) is 4. The van der Waals surface area contributed by atoms with Gasteiger partial charge in [0.1, 0.15) is 19.3 Å². The SMILES string of the molecule is CCCCCCCCCCCCCCCCCCCCCC(=O)OC[C@H](COP(=O)(O)OC[C@@H](O)COP(=O)(O)OC[C@@H](COC(=O)CCCCCCCCC)OC(=O)CCCCCCCCCCCC)OC(=O)CCCCCCCCCCCCCCCCCCCCC. The van der Waals surface area contributed by atoms with Gasteiger partial charge >= 0.3 is 39.5 Å². The second-order valence-corrected chi connectivity index (χ2v) is 30.3. The van der Waals surface area contributed by atoms with Gasteiger partial charge in [-0.2, -0.15) is 0 Å². The van der Waals surface area contributed by atoms with Crippen molar-refractivity contribution in [1.29, 1.82) is 0 Å². The second kappa shape index (κ2) is 70.5. The Labute approximate surface area is 581 Å². The Bertz CT molecular complexity index is 1810. The minimum Gasteiger partial charge on any atom is -0.462 e. The van der Waals surface area contributed by atoms with Crippen molar-refractivity contribution in [3.63, 3.8) is 0 Å². The van der Waals surface area contributed by atoms with Crippen LogP contribution in [0, 0.1) is 0 Å². The van der Waals surface area contributed by atoms with Crippen LogP contribution in [0.5, 0.6) is 0 Å². The normalized spacial score (nSPS) is 13.9. The zero-order valence-corrected chi connectivity index (χ0v) is 63.4. The van der Waals surface area contributed by atoms with Crippen molar-refractivity contribution < 1.29 is 80.2 Å². The van der Waals surface area contributed by atoms with Crippen LogP contribution in [0.25, 0.3) is 0 Å². The van der Waals surface area contributed by atoms with Gasteiger partial charge in [0, 0.05) is 25.7 Å². The summed E-state index contributed by atoms with van der Waals surface area (Å²) in [5, 5.41) is 10.6. The van der Waals surface area contributed by atoms with Crippen LogP contribution in [-0.2, 0) is 65.4 Å². The summed E-state index contributed by atoms with van der Waals surface area (Å²) in [6, 6.07) is 0. The maximum atomic E-state index is 13.1. The molecule has 0 heterocycles. The van der Waals surface area contributed by atoms with Gasteiger partial charge in [0.15, 0.2) is 12.2 Å². The second-order valence-electron chi connectivity index (χ2n) is 27.4. The molecule has 0 amide bonds. The predicted octanol–water partition coefficient (Wildman–Crippen LogP) is 22.6. The molecule has 564 valence electrons. The molecule has 17 nitrogen and oxygen atoms in total. The minimum atomic E-state index is -4.96. The van der Waals surface area contributed by atoms with Crippen molar-refractivity contribution in [3.05, 3.63) is 0 Å². The molecule has 5 atom stereocenters. The van der Waals surface area contributed by atoms with Crippen molar-refractivity contribution in [2.24, 2.45) is 0 Å². The maximum Gasteiger partial charge on any atom is 0.472 e. The minimum absolute atomic E-state index is 0.107. The van der Waals surface area contributed by atoms with Gasteiger partial charge in [-0.1, -0.05) is 355 Å². The first-order chi connectivity index (χ1) is 46.2. The van der Waals surface area contributed by atoms with E-state index < -0.39 is 97.5 Å². The van der Waals surface area contributed by atoms with Gasteiger partial charge in [-0.05, 0) is 25.7 Å². The van der Waals surface area contributed by atoms with Gasteiger partial charge in [0.05, 0.1) is 26.4 Å². The number of carbonyl (C=O) groups excluding carboxylic acids is 4. The number of carbonyl (C=O) groups is 4. The number of esters is 4. The van der Waals surface area contributed by atoms with E-state index in [1.165, 1.54) is 225 Å². The van der Waals surface area contributed by atoms with Gasteiger partial charge in [0.25, 0.3) is 0 Å². The highest BCUT2D eigenvalue weighted by molar-refractivity contribution is 7.47. The Morgan fingerprint density at radius 3 is 0.621 bits per heavy atom. The van der Waals surface area contributed by atoms with E-state index in [1.54, 1.807) is 0 Å². The van der Waals surface area contributed by atoms with Crippen LogP contribution in [0.15, 0.2) is 0 Å². The number of rotatable bonds is 77. The molecule has 0 saturated carbocycles. The van der Waals surface area contributed by atoms with E-state index in [4.69, 9.17) is 37.0 Å². The fraction of sp³-hybridized carbons (Fsp3) is 0.947. The predicted molar refractivity (Wildman–Crippen MR) is 386 cm³/mol. The topological polar surface area (TPSA) is 237 Å². The molecule has 0 aliphatic rings. The molecule has 95 heavy (non-hydrogen) atoms. The smallest absolute Gasteiger partial charge is 0.462 e. The molecule has 0 aromatic carbocycles. The number of unbranched alkanes of at least 4 members (excludes halogenated alkanes) is 51. The van der Waals surface area contributed by atoms with E-state index in [2.05, 4.69) is 27.7 Å². The molecule has 2 unspecified atom stereocenters. The lowest BCUT2D eigenvalue weighted by molar-refractivity contribution is -0.161. The molecular weight excluding hydrogens is 1250 g/mol. The summed E-state index contributed by atoms with van der Waals surface area (Å²) in [7, 11) is -9.90. The van der Waals surface area contributed by atoms with Crippen molar-refractivity contribution >= 4 is 39.5 Å². The summed E-state index contributed by atoms with van der Waals surface area (Å²) >= 11 is 0. The zero-order valence-electron chi connectivity index (χ0n) is 61.6. The molecule has 0 aliphatic heterocycles. The number of aliphatic hydroxyl groups is 1. The first kappa shape index (κ1) is 93.1. The van der Waals surface area contributed by atoms with Crippen molar-refractivity contribution in [1.82, 2.24) is 0 Å². The summed E-state index contributed by atoms with van der Waals surface area (Å²) in [6.45, 7) is 4.93. The Hall–Kier alpha value is -1.94. The van der Waals surface area contributed by atoms with Gasteiger partial charge in [-0.15, -0.1) is 0 Å². The third-order valence-corrected chi connectivity index (χ3v) is 19.8. The monoisotopic (exact) mass is 1400 g/mol. The van der Waals surface area contributed by atoms with E-state index in [1.807, 2.05) is 0 Å². The number of hydrogen-bond acceptors (Lipinski definition) is 15. The molecule has 0 radical (unpaired) electrons. The molecule has 0 bridgehead atoms. The average molecular weight is 1400 g/mol. The Morgan fingerprint density at radius 1 is 0.253 bits per heavy atom. The van der Waals surface area contributed by atoms with E-state index >= 15 is 0 Å². The van der Waals surface area contributed by atoms with Crippen LogP contribution in [0.2, 0.25) is 0 Å². The van der Waals surface area contributed by atoms with Crippen LogP contribution >= 0.6 is 15.6 Å². The number of aliphatic hydroxyl groups excluding tert-OH is 1. The van der Waals surface area contributed by atoms with E-state index in [9.17, 15) is 43.2 Å². The summed E-state index contributed by atoms with van der Waals surface area (Å²) in [4.78, 5) is 72.6. The molecule has 0 spiro atoms. The third-order valence-electron chi connectivity index (χ3n) is 17.9. The van der Waals surface area contributed by atoms with Crippen LogP contribution in [0.4, 0.5) is 0 Å². The lowest BCUT2D eigenvalue weighted by Crippen LogP contribution is -2.30. The quantitative estimate of drug-likeness (QED) is 0.0222. The Kier molecular flexibility index (Phi) is 69.1. The molecule has 0 aliphatic carbocycles. The summed E-state index contributed by atoms with van der Waals surface area (Å²) in [5.41, 5.74) is 0. The third kappa shape index (κ3) is 70.3. The maximum absolute atomic E-state index is 13.1. The Balaban J connectivity index is 5.15. The summed E-state index contributed by atoms with van der Waals surface area (Å²) < 4.78 is 68.4. The van der Waals surface area contributed by atoms with Crippen LogP contribution < -0.4 is 0 Å². The first-order valence-electron chi connectivity index (χ1n) is 39.8. The lowest BCUT2D eigenvalue weighted by atomic mass is 10.0. The number of hydrogen-bond donors (Lipinski definition) is 3. The fourth-order valence-electron chi connectivity index (χ4n) is 11.8. The molecular formula is C76H148O17P2. The molecule has 0 fully saturated rings. The summed E-state index contributed by atoms with van der Waals surface area (Å²) in [6.07, 6.45) is 61.3. The number of phosphoric acid groups is 2. The standard InChI is InChI=1S/C76H148O17P2/c1-5-9-13-17-21-24-27-29-31-33-35-37-39-41-43-46-49-53-57-61-74(79)87-67-72(93-76(81)63-59-55-51-47-44-42-40-38-36-34-32-30-28-25-22-18-14-10-6-2)69-91-95(84,85)89-65-70(77)64-88-94(82,83)90-68-71(66-86-73(78)60-56-52-48-20-16-12-8-4)92-75(80)62-58-54-50-45-26-23-19-15-11-7-3/h70-72,77H,5-69H2,1-4H3,(H,82,83)(H,84,85)/t70-,71+,72+/m0/s1. The highest BCUT2D eigenvalue weighted by Gasteiger charge is 2.30. The van der Waals surface area contributed by atoms with Gasteiger partial charge in [-0.25, -0.2) is 9.13 Å². The van der Waals surface area contributed by atoms with Crippen LogP contribution in [-0.4, -0.2) is 96.7 Å². The first-order valence-corrected chi connectivity index (χ1v) is 42.8. The molecule has 0 aromatic heterocycles. The lowest BCUT2D eigenvalue weighted by Gasteiger charge is -2.21.